The molecule has 0 bridgehead atoms. The summed E-state index contributed by atoms with van der Waals surface area (Å²) in [5.74, 6) is -0.0998. The van der Waals surface area contributed by atoms with E-state index >= 15 is 0 Å². The van der Waals surface area contributed by atoms with Crippen molar-refractivity contribution in [3.05, 3.63) is 29.5 Å². The molecule has 4 heteroatoms. The number of ether oxygens (including phenoxy) is 1. The monoisotopic (exact) mass is 247 g/mol. The van der Waals surface area contributed by atoms with E-state index in [1.54, 1.807) is 25.1 Å². The highest BCUT2D eigenvalue weighted by molar-refractivity contribution is 5.96. The van der Waals surface area contributed by atoms with Crippen LogP contribution < -0.4 is 0 Å². The van der Waals surface area contributed by atoms with Crippen LogP contribution in [0.15, 0.2) is 18.2 Å². The maximum Gasteiger partial charge on any atom is 0.354 e. The number of rotatable bonds is 4. The van der Waals surface area contributed by atoms with Gasteiger partial charge in [-0.1, -0.05) is 13.3 Å². The summed E-state index contributed by atoms with van der Waals surface area (Å²) in [5, 5.41) is 10.8. The average Bonchev–Trinajstić information content (AvgIpc) is 2.77. The Kier molecular flexibility index (Phi) is 3.55. The number of esters is 1. The second-order valence-corrected chi connectivity index (χ2v) is 4.18. The summed E-state index contributed by atoms with van der Waals surface area (Å²) in [7, 11) is 0. The lowest BCUT2D eigenvalue weighted by Crippen LogP contribution is -2.04. The molecule has 4 nitrogen and oxygen atoms in total. The summed E-state index contributed by atoms with van der Waals surface area (Å²) >= 11 is 0. The molecule has 96 valence electrons. The summed E-state index contributed by atoms with van der Waals surface area (Å²) in [5.41, 5.74) is 2.10. The van der Waals surface area contributed by atoms with Gasteiger partial charge in [0.2, 0.25) is 0 Å². The molecule has 0 saturated heterocycles. The van der Waals surface area contributed by atoms with Crippen LogP contribution in [-0.2, 0) is 11.2 Å². The van der Waals surface area contributed by atoms with Crippen molar-refractivity contribution in [2.75, 3.05) is 6.61 Å². The van der Waals surface area contributed by atoms with E-state index in [-0.39, 0.29) is 11.7 Å². The molecule has 0 aliphatic rings. The highest BCUT2D eigenvalue weighted by Gasteiger charge is 2.14. The largest absolute Gasteiger partial charge is 0.508 e. The van der Waals surface area contributed by atoms with Gasteiger partial charge in [-0.3, -0.25) is 0 Å². The van der Waals surface area contributed by atoms with Gasteiger partial charge in [-0.05, 0) is 31.5 Å². The van der Waals surface area contributed by atoms with Gasteiger partial charge >= 0.3 is 5.97 Å². The quantitative estimate of drug-likeness (QED) is 0.816. The number of fused-ring (bicyclic) bond motifs is 1. The van der Waals surface area contributed by atoms with Crippen LogP contribution in [0.1, 0.15) is 36.3 Å². The first kappa shape index (κ1) is 12.5. The smallest absolute Gasteiger partial charge is 0.354 e. The fraction of sp³-hybridized carbons (Fsp3) is 0.357. The third-order valence-electron chi connectivity index (χ3n) is 2.88. The number of phenols is 1. The van der Waals surface area contributed by atoms with E-state index < -0.39 is 0 Å². The van der Waals surface area contributed by atoms with Crippen LogP contribution in [0.2, 0.25) is 0 Å². The molecule has 0 aliphatic heterocycles. The number of H-pyrrole nitrogens is 1. The number of aromatic hydroxyl groups is 1. The van der Waals surface area contributed by atoms with E-state index in [4.69, 9.17) is 4.74 Å². The predicted molar refractivity (Wildman–Crippen MR) is 69.9 cm³/mol. The van der Waals surface area contributed by atoms with Crippen molar-refractivity contribution in [3.63, 3.8) is 0 Å². The number of aromatic nitrogens is 1. The minimum absolute atomic E-state index is 0.265. The highest BCUT2D eigenvalue weighted by Crippen LogP contribution is 2.28. The summed E-state index contributed by atoms with van der Waals surface area (Å²) < 4.78 is 4.95. The zero-order valence-corrected chi connectivity index (χ0v) is 10.6. The van der Waals surface area contributed by atoms with E-state index in [1.165, 1.54) is 0 Å². The maximum atomic E-state index is 11.7. The van der Waals surface area contributed by atoms with Crippen molar-refractivity contribution in [3.8, 4) is 5.75 Å². The van der Waals surface area contributed by atoms with E-state index in [1.807, 2.05) is 6.92 Å². The lowest BCUT2D eigenvalue weighted by molar-refractivity contribution is 0.0520. The number of hydrogen-bond donors (Lipinski definition) is 2. The van der Waals surface area contributed by atoms with E-state index in [0.717, 1.165) is 29.3 Å². The Morgan fingerprint density at radius 2 is 2.17 bits per heavy atom. The molecule has 0 radical (unpaired) electrons. The normalized spacial score (nSPS) is 10.8. The maximum absolute atomic E-state index is 11.7. The topological polar surface area (TPSA) is 62.3 Å². The van der Waals surface area contributed by atoms with Crippen LogP contribution in [0.4, 0.5) is 0 Å². The molecule has 18 heavy (non-hydrogen) atoms. The van der Waals surface area contributed by atoms with Crippen molar-refractivity contribution >= 4 is 16.9 Å². The first-order valence-corrected chi connectivity index (χ1v) is 6.18. The standard InChI is InChI=1S/C14H17NO3/c1-3-5-10-12(16)7-6-9-8-11(15-13(9)10)14(17)18-4-2/h6-8,15-16H,3-5H2,1-2H3. The van der Waals surface area contributed by atoms with Crippen LogP contribution >= 0.6 is 0 Å². The Labute approximate surface area is 106 Å². The van der Waals surface area contributed by atoms with Crippen LogP contribution in [0.3, 0.4) is 0 Å². The third-order valence-corrected chi connectivity index (χ3v) is 2.88. The van der Waals surface area contributed by atoms with Gasteiger partial charge in [0.1, 0.15) is 11.4 Å². The fourth-order valence-corrected chi connectivity index (χ4v) is 2.07. The minimum Gasteiger partial charge on any atom is -0.508 e. The van der Waals surface area contributed by atoms with Crippen LogP contribution in [0.25, 0.3) is 10.9 Å². The number of hydrogen-bond acceptors (Lipinski definition) is 3. The molecule has 2 aromatic rings. The van der Waals surface area contributed by atoms with Gasteiger partial charge in [0.25, 0.3) is 0 Å². The van der Waals surface area contributed by atoms with Crippen LogP contribution in [0, 0.1) is 0 Å². The summed E-state index contributed by atoms with van der Waals surface area (Å²) in [6.07, 6.45) is 1.70. The Morgan fingerprint density at radius 1 is 1.39 bits per heavy atom. The first-order chi connectivity index (χ1) is 8.67. The zero-order valence-electron chi connectivity index (χ0n) is 10.6. The first-order valence-electron chi connectivity index (χ1n) is 6.18. The molecule has 2 rings (SSSR count). The number of aryl methyl sites for hydroxylation is 1. The average molecular weight is 247 g/mol. The molecular weight excluding hydrogens is 230 g/mol. The van der Waals surface area contributed by atoms with Crippen molar-refractivity contribution in [2.24, 2.45) is 0 Å². The minimum atomic E-state index is -0.365. The number of nitrogens with one attached hydrogen (secondary N) is 1. The molecule has 0 aliphatic carbocycles. The number of phenolic OH excluding ortho intramolecular Hbond substituents is 1. The molecule has 2 N–H and O–H groups in total. The van der Waals surface area contributed by atoms with Gasteiger partial charge in [-0.15, -0.1) is 0 Å². The van der Waals surface area contributed by atoms with E-state index in [9.17, 15) is 9.90 Å². The number of benzene rings is 1. The van der Waals surface area contributed by atoms with Crippen molar-refractivity contribution in [1.82, 2.24) is 4.98 Å². The molecule has 0 atom stereocenters. The van der Waals surface area contributed by atoms with Gasteiger partial charge in [-0.25, -0.2) is 4.79 Å². The lowest BCUT2D eigenvalue weighted by Gasteiger charge is -2.04. The van der Waals surface area contributed by atoms with Gasteiger partial charge in [0, 0.05) is 10.9 Å². The second-order valence-electron chi connectivity index (χ2n) is 4.18. The van der Waals surface area contributed by atoms with Gasteiger partial charge in [-0.2, -0.15) is 0 Å². The van der Waals surface area contributed by atoms with Crippen LogP contribution in [-0.4, -0.2) is 22.7 Å². The zero-order chi connectivity index (χ0) is 13.1. The van der Waals surface area contributed by atoms with Crippen molar-refractivity contribution < 1.29 is 14.6 Å². The SMILES string of the molecule is CCCc1c(O)ccc2cc(C(=O)OCC)[nH]c12. The second kappa shape index (κ2) is 5.12. The number of carbonyl (C=O) groups excluding carboxylic acids is 1. The molecule has 0 amide bonds. The summed E-state index contributed by atoms with van der Waals surface area (Å²) in [4.78, 5) is 14.7. The molecule has 0 unspecified atom stereocenters. The summed E-state index contributed by atoms with van der Waals surface area (Å²) in [6, 6.07) is 5.21. The van der Waals surface area contributed by atoms with Gasteiger partial charge < -0.3 is 14.8 Å². The van der Waals surface area contributed by atoms with Gasteiger partial charge in [0.05, 0.1) is 12.1 Å². The number of carbonyl (C=O) groups is 1. The third kappa shape index (κ3) is 2.18. The molecule has 0 spiro atoms. The molecule has 0 saturated carbocycles. The number of aromatic amines is 1. The summed E-state index contributed by atoms with van der Waals surface area (Å²) in [6.45, 7) is 4.17. The van der Waals surface area contributed by atoms with E-state index in [0.29, 0.717) is 12.3 Å². The molecule has 0 fully saturated rings. The molecule has 1 aromatic heterocycles. The molecule has 1 aromatic carbocycles. The molecular formula is C14H17NO3. The Bertz CT molecular complexity index is 572. The highest BCUT2D eigenvalue weighted by atomic mass is 16.5. The van der Waals surface area contributed by atoms with Gasteiger partial charge in [0.15, 0.2) is 0 Å². The van der Waals surface area contributed by atoms with E-state index in [2.05, 4.69) is 4.98 Å². The Balaban J connectivity index is 2.50. The lowest BCUT2D eigenvalue weighted by atomic mass is 10.1. The van der Waals surface area contributed by atoms with Crippen molar-refractivity contribution in [2.45, 2.75) is 26.7 Å². The van der Waals surface area contributed by atoms with Crippen molar-refractivity contribution in [1.29, 1.82) is 0 Å². The van der Waals surface area contributed by atoms with Crippen LogP contribution in [0.5, 0.6) is 5.75 Å². The molecule has 1 heterocycles. The predicted octanol–water partition coefficient (Wildman–Crippen LogP) is 3.00. The fourth-order valence-electron chi connectivity index (χ4n) is 2.07. The Morgan fingerprint density at radius 3 is 2.83 bits per heavy atom. The Hall–Kier alpha value is -1.97.